The van der Waals surface area contributed by atoms with E-state index in [1.165, 1.54) is 12.1 Å². The number of rotatable bonds is 5. The van der Waals surface area contributed by atoms with E-state index in [-0.39, 0.29) is 11.4 Å². The molecule has 1 heterocycles. The second kappa shape index (κ2) is 7.75. The van der Waals surface area contributed by atoms with Crippen LogP contribution in [0.2, 0.25) is 0 Å². The predicted octanol–water partition coefficient (Wildman–Crippen LogP) is 4.11. The third-order valence-electron chi connectivity index (χ3n) is 4.96. The van der Waals surface area contributed by atoms with Gasteiger partial charge in [-0.15, -0.1) is 0 Å². The molecule has 0 atom stereocenters. The maximum absolute atomic E-state index is 12.3. The van der Waals surface area contributed by atoms with E-state index >= 15 is 0 Å². The summed E-state index contributed by atoms with van der Waals surface area (Å²) in [4.78, 5) is 38.4. The van der Waals surface area contributed by atoms with E-state index in [4.69, 9.17) is 4.74 Å². The van der Waals surface area contributed by atoms with Crippen molar-refractivity contribution in [3.63, 3.8) is 0 Å². The number of esters is 1. The van der Waals surface area contributed by atoms with Gasteiger partial charge in [-0.3, -0.25) is 14.9 Å². The fourth-order valence-electron chi connectivity index (χ4n) is 3.04. The van der Waals surface area contributed by atoms with Gasteiger partial charge in [-0.2, -0.15) is 0 Å². The maximum atomic E-state index is 12.3. The first-order chi connectivity index (χ1) is 13.7. The number of fused-ring (bicyclic) bond motifs is 1. The Morgan fingerprint density at radius 2 is 1.79 bits per heavy atom. The van der Waals surface area contributed by atoms with Crippen molar-refractivity contribution < 1.29 is 19.2 Å². The number of hydrogen-bond acceptors (Lipinski definition) is 5. The highest BCUT2D eigenvalue weighted by Gasteiger charge is 2.19. The lowest BCUT2D eigenvalue weighted by Crippen LogP contribution is -2.21. The molecule has 0 aliphatic heterocycles. The van der Waals surface area contributed by atoms with Crippen molar-refractivity contribution in [2.75, 3.05) is 11.9 Å². The van der Waals surface area contributed by atoms with Crippen molar-refractivity contribution in [2.24, 2.45) is 0 Å². The average molecular weight is 395 g/mol. The number of carbonyl (C=O) groups is 2. The average Bonchev–Trinajstić information content (AvgIpc) is 2.96. The maximum Gasteiger partial charge on any atom is 0.338 e. The topological polar surface area (TPSA) is 114 Å². The van der Waals surface area contributed by atoms with Gasteiger partial charge in [0, 0.05) is 22.7 Å². The molecule has 0 bridgehead atoms. The number of ether oxygens (including phenoxy) is 1. The first-order valence-electron chi connectivity index (χ1n) is 8.99. The van der Waals surface area contributed by atoms with Crippen LogP contribution in [-0.2, 0) is 9.53 Å². The number of amides is 1. The molecule has 0 fully saturated rings. The van der Waals surface area contributed by atoms with Gasteiger partial charge in [0.25, 0.3) is 11.6 Å². The fraction of sp³-hybridized carbons (Fsp3) is 0.238. The number of nitro benzene ring substituents is 1. The van der Waals surface area contributed by atoms with E-state index in [0.29, 0.717) is 5.56 Å². The Morgan fingerprint density at radius 3 is 2.48 bits per heavy atom. The van der Waals surface area contributed by atoms with Gasteiger partial charge < -0.3 is 15.0 Å². The Morgan fingerprint density at radius 1 is 1.10 bits per heavy atom. The lowest BCUT2D eigenvalue weighted by Gasteiger charge is -2.09. The summed E-state index contributed by atoms with van der Waals surface area (Å²) in [5.74, 6) is -1.30. The van der Waals surface area contributed by atoms with Gasteiger partial charge in [0.1, 0.15) is 5.69 Å². The number of anilines is 1. The summed E-state index contributed by atoms with van der Waals surface area (Å²) in [6, 6.07) is 8.03. The predicted molar refractivity (Wildman–Crippen MR) is 109 cm³/mol. The lowest BCUT2D eigenvalue weighted by atomic mass is 10.1. The van der Waals surface area contributed by atoms with Gasteiger partial charge in [0.2, 0.25) is 0 Å². The number of nitrogens with zero attached hydrogens (tertiary/aromatic N) is 1. The quantitative estimate of drug-likeness (QED) is 0.383. The normalized spacial score (nSPS) is 10.8. The van der Waals surface area contributed by atoms with Crippen LogP contribution in [0.3, 0.4) is 0 Å². The molecule has 0 radical (unpaired) electrons. The van der Waals surface area contributed by atoms with Crippen LogP contribution in [0, 0.1) is 37.8 Å². The van der Waals surface area contributed by atoms with Crippen LogP contribution in [-0.4, -0.2) is 28.4 Å². The summed E-state index contributed by atoms with van der Waals surface area (Å²) in [5, 5.41) is 14.6. The minimum atomic E-state index is -0.653. The van der Waals surface area contributed by atoms with Crippen LogP contribution >= 0.6 is 0 Å². The van der Waals surface area contributed by atoms with Crippen LogP contribution in [0.15, 0.2) is 30.3 Å². The molecule has 150 valence electrons. The molecule has 3 rings (SSSR count). The summed E-state index contributed by atoms with van der Waals surface area (Å²) in [6.07, 6.45) is 0. The molecule has 0 aliphatic carbocycles. The fourth-order valence-corrected chi connectivity index (χ4v) is 3.04. The zero-order valence-corrected chi connectivity index (χ0v) is 16.6. The molecule has 8 nitrogen and oxygen atoms in total. The number of aromatic amines is 1. The smallest absolute Gasteiger partial charge is 0.338 e. The van der Waals surface area contributed by atoms with Crippen LogP contribution < -0.4 is 5.32 Å². The molecule has 8 heteroatoms. The molecule has 29 heavy (non-hydrogen) atoms. The standard InChI is InChI=1S/C21H21N3O5/c1-11-7-18(19(24(27)28)8-12(11)2)23-20(25)10-29-21(26)15-5-6-17-16(9-15)13(3)14(4)22-17/h5-9,22H,10H2,1-4H3,(H,23,25). The Bertz CT molecular complexity index is 1150. The number of aromatic nitrogens is 1. The summed E-state index contributed by atoms with van der Waals surface area (Å²) in [6.45, 7) is 6.89. The second-order valence-electron chi connectivity index (χ2n) is 6.97. The molecule has 0 spiro atoms. The number of carbonyl (C=O) groups excluding carboxylic acids is 2. The number of H-pyrrole nitrogens is 1. The third-order valence-corrected chi connectivity index (χ3v) is 4.96. The summed E-state index contributed by atoms with van der Waals surface area (Å²) >= 11 is 0. The largest absolute Gasteiger partial charge is 0.452 e. The van der Waals surface area contributed by atoms with E-state index in [1.54, 1.807) is 32.0 Å². The molecular weight excluding hydrogens is 374 g/mol. The SMILES string of the molecule is Cc1cc(NC(=O)COC(=O)c2ccc3[nH]c(C)c(C)c3c2)c([N+](=O)[O-])cc1C. The van der Waals surface area contributed by atoms with E-state index < -0.39 is 23.4 Å². The molecular formula is C21H21N3O5. The molecule has 2 aromatic carbocycles. The van der Waals surface area contributed by atoms with E-state index in [1.807, 2.05) is 13.8 Å². The molecule has 2 N–H and O–H groups in total. The van der Waals surface area contributed by atoms with Gasteiger partial charge >= 0.3 is 5.97 Å². The summed E-state index contributed by atoms with van der Waals surface area (Å²) in [7, 11) is 0. The zero-order chi connectivity index (χ0) is 21.3. The molecule has 0 aliphatic rings. The Hall–Kier alpha value is -3.68. The van der Waals surface area contributed by atoms with E-state index in [2.05, 4.69) is 10.3 Å². The number of aryl methyl sites for hydroxylation is 4. The zero-order valence-electron chi connectivity index (χ0n) is 16.6. The van der Waals surface area contributed by atoms with Crippen molar-refractivity contribution >= 4 is 34.2 Å². The van der Waals surface area contributed by atoms with Gasteiger partial charge in [-0.05, 0) is 68.7 Å². The van der Waals surface area contributed by atoms with Crippen molar-refractivity contribution in [3.8, 4) is 0 Å². The lowest BCUT2D eigenvalue weighted by molar-refractivity contribution is -0.384. The van der Waals surface area contributed by atoms with Gasteiger partial charge in [-0.1, -0.05) is 0 Å². The molecule has 3 aromatic rings. The van der Waals surface area contributed by atoms with Gasteiger partial charge in [0.05, 0.1) is 10.5 Å². The van der Waals surface area contributed by atoms with Crippen molar-refractivity contribution in [2.45, 2.75) is 27.7 Å². The summed E-state index contributed by atoms with van der Waals surface area (Å²) in [5.41, 5.74) is 4.69. The summed E-state index contributed by atoms with van der Waals surface area (Å²) < 4.78 is 5.08. The monoisotopic (exact) mass is 395 g/mol. The van der Waals surface area contributed by atoms with Gasteiger partial charge in [-0.25, -0.2) is 4.79 Å². The van der Waals surface area contributed by atoms with Crippen LogP contribution in [0.1, 0.15) is 32.7 Å². The number of nitrogens with one attached hydrogen (secondary N) is 2. The minimum absolute atomic E-state index is 0.0685. The Kier molecular flexibility index (Phi) is 5.36. The molecule has 0 saturated heterocycles. The van der Waals surface area contributed by atoms with Crippen molar-refractivity contribution in [3.05, 3.63) is 68.4 Å². The highest BCUT2D eigenvalue weighted by atomic mass is 16.6. The van der Waals surface area contributed by atoms with Crippen LogP contribution in [0.5, 0.6) is 0 Å². The first-order valence-corrected chi connectivity index (χ1v) is 8.99. The minimum Gasteiger partial charge on any atom is -0.452 e. The first kappa shape index (κ1) is 20.1. The second-order valence-corrected chi connectivity index (χ2v) is 6.97. The Balaban J connectivity index is 1.70. The Labute approximate surface area is 167 Å². The van der Waals surface area contributed by atoms with Crippen LogP contribution in [0.4, 0.5) is 11.4 Å². The van der Waals surface area contributed by atoms with E-state index in [9.17, 15) is 19.7 Å². The molecule has 0 saturated carbocycles. The number of nitro groups is 1. The van der Waals surface area contributed by atoms with Gasteiger partial charge in [0.15, 0.2) is 6.61 Å². The van der Waals surface area contributed by atoms with E-state index in [0.717, 1.165) is 33.3 Å². The molecule has 1 aromatic heterocycles. The van der Waals surface area contributed by atoms with Crippen molar-refractivity contribution in [1.82, 2.24) is 4.98 Å². The number of hydrogen-bond donors (Lipinski definition) is 2. The molecule has 1 amide bonds. The highest BCUT2D eigenvalue weighted by molar-refractivity contribution is 5.99. The highest BCUT2D eigenvalue weighted by Crippen LogP contribution is 2.28. The van der Waals surface area contributed by atoms with Crippen molar-refractivity contribution in [1.29, 1.82) is 0 Å². The third kappa shape index (κ3) is 4.11. The molecule has 0 unspecified atom stereocenters. The number of benzene rings is 2. The van der Waals surface area contributed by atoms with Crippen LogP contribution in [0.25, 0.3) is 10.9 Å².